The van der Waals surface area contributed by atoms with Crippen LogP contribution < -0.4 is 15.4 Å². The third-order valence-electron chi connectivity index (χ3n) is 5.29. The third kappa shape index (κ3) is 4.42. The first-order chi connectivity index (χ1) is 16.6. The summed E-state index contributed by atoms with van der Waals surface area (Å²) in [6.07, 6.45) is 5.03. The number of fused-ring (bicyclic) bond motifs is 1. The minimum absolute atomic E-state index is 0.249. The van der Waals surface area contributed by atoms with Crippen molar-refractivity contribution in [3.63, 3.8) is 0 Å². The van der Waals surface area contributed by atoms with Crippen molar-refractivity contribution in [2.75, 3.05) is 17.7 Å². The summed E-state index contributed by atoms with van der Waals surface area (Å²) in [5, 5.41) is 7.00. The van der Waals surface area contributed by atoms with Crippen LogP contribution in [0.2, 0.25) is 0 Å². The molecule has 0 aliphatic carbocycles. The van der Waals surface area contributed by atoms with Crippen LogP contribution in [0.3, 0.4) is 0 Å². The number of nitrogens with one attached hydrogen (secondary N) is 2. The van der Waals surface area contributed by atoms with Crippen molar-refractivity contribution < 1.29 is 13.9 Å². The molecule has 0 unspecified atom stereocenters. The molecular formula is C26H21N5O3. The number of nitrogens with zero attached hydrogens (tertiary/aromatic N) is 3. The van der Waals surface area contributed by atoms with Gasteiger partial charge in [0.05, 0.1) is 19.0 Å². The summed E-state index contributed by atoms with van der Waals surface area (Å²) < 4.78 is 10.9. The number of aromatic nitrogens is 3. The second-order valence-corrected chi connectivity index (χ2v) is 7.64. The second-order valence-electron chi connectivity index (χ2n) is 7.64. The van der Waals surface area contributed by atoms with Gasteiger partial charge in [0, 0.05) is 34.7 Å². The molecule has 2 N–H and O–H groups in total. The predicted octanol–water partition coefficient (Wildman–Crippen LogP) is 5.60. The fourth-order valence-electron chi connectivity index (χ4n) is 3.49. The lowest BCUT2D eigenvalue weighted by molar-refractivity contribution is 0.0998. The molecule has 0 radical (unpaired) electrons. The molecule has 3 aromatic heterocycles. The van der Waals surface area contributed by atoms with Crippen molar-refractivity contribution in [2.24, 2.45) is 0 Å². The fraction of sp³-hybridized carbons (Fsp3) is 0.0769. The van der Waals surface area contributed by atoms with Crippen molar-refractivity contribution >= 4 is 34.2 Å². The van der Waals surface area contributed by atoms with Crippen molar-refractivity contribution in [2.45, 2.75) is 6.92 Å². The summed E-state index contributed by atoms with van der Waals surface area (Å²) in [6.45, 7) is 1.96. The molecule has 8 nitrogen and oxygen atoms in total. The number of amides is 1. The van der Waals surface area contributed by atoms with Gasteiger partial charge >= 0.3 is 0 Å². The lowest BCUT2D eigenvalue weighted by Crippen LogP contribution is -2.11. The van der Waals surface area contributed by atoms with Crippen LogP contribution in [-0.4, -0.2) is 28.0 Å². The molecule has 0 aliphatic heterocycles. The van der Waals surface area contributed by atoms with Gasteiger partial charge in [0.2, 0.25) is 5.95 Å². The lowest BCUT2D eigenvalue weighted by Gasteiger charge is -2.12. The molecule has 0 spiro atoms. The largest absolute Gasteiger partial charge is 0.495 e. The number of hydrogen-bond acceptors (Lipinski definition) is 7. The number of aryl methyl sites for hydroxylation is 1. The first-order valence-electron chi connectivity index (χ1n) is 10.6. The Bertz CT molecular complexity index is 1460. The van der Waals surface area contributed by atoms with E-state index in [9.17, 15) is 4.79 Å². The number of methoxy groups -OCH3 is 1. The van der Waals surface area contributed by atoms with Crippen LogP contribution in [0.1, 0.15) is 16.1 Å². The van der Waals surface area contributed by atoms with Crippen LogP contribution >= 0.6 is 0 Å². The van der Waals surface area contributed by atoms with E-state index in [0.29, 0.717) is 28.7 Å². The standard InChI is InChI=1S/C26H21N5O3/c1-16-7-8-19(29-25(32)24-12-17-5-3-4-6-23(17)34-24)13-22(16)31-26-28-10-9-21(30-26)18-11-20(33-2)15-27-14-18/h3-15H,1-2H3,(H,29,32)(H,28,30,31). The molecule has 5 aromatic rings. The molecule has 1 amide bonds. The SMILES string of the molecule is COc1cncc(-c2ccnc(Nc3cc(NC(=O)c4cc5ccccc5o4)ccc3C)n2)c1. The molecule has 168 valence electrons. The van der Waals surface area contributed by atoms with Crippen LogP contribution in [0, 0.1) is 6.92 Å². The molecule has 8 heteroatoms. The van der Waals surface area contributed by atoms with E-state index in [1.807, 2.05) is 55.5 Å². The summed E-state index contributed by atoms with van der Waals surface area (Å²) in [4.78, 5) is 25.8. The van der Waals surface area contributed by atoms with Crippen LogP contribution in [0.5, 0.6) is 5.75 Å². The van der Waals surface area contributed by atoms with Gasteiger partial charge in [-0.05, 0) is 48.9 Å². The Hall–Kier alpha value is -4.72. The zero-order valence-corrected chi connectivity index (χ0v) is 18.6. The van der Waals surface area contributed by atoms with Gasteiger partial charge in [-0.1, -0.05) is 24.3 Å². The zero-order chi connectivity index (χ0) is 23.5. The lowest BCUT2D eigenvalue weighted by atomic mass is 10.1. The number of furan rings is 1. The highest BCUT2D eigenvalue weighted by Gasteiger charge is 2.13. The summed E-state index contributed by atoms with van der Waals surface area (Å²) in [5.41, 5.74) is 4.54. The Kier molecular flexibility index (Phi) is 5.61. The molecule has 0 atom stereocenters. The summed E-state index contributed by atoms with van der Waals surface area (Å²) in [7, 11) is 1.59. The van der Waals surface area contributed by atoms with Crippen LogP contribution in [0.25, 0.3) is 22.2 Å². The molecular weight excluding hydrogens is 430 g/mol. The summed E-state index contributed by atoms with van der Waals surface area (Å²) in [6, 6.07) is 18.5. The summed E-state index contributed by atoms with van der Waals surface area (Å²) >= 11 is 0. The highest BCUT2D eigenvalue weighted by Crippen LogP contribution is 2.26. The van der Waals surface area contributed by atoms with Crippen LogP contribution in [-0.2, 0) is 0 Å². The van der Waals surface area contributed by atoms with Gasteiger partial charge in [-0.15, -0.1) is 0 Å². The number of anilines is 3. The number of para-hydroxylation sites is 1. The van der Waals surface area contributed by atoms with Crippen molar-refractivity contribution in [1.29, 1.82) is 0 Å². The van der Waals surface area contributed by atoms with E-state index in [4.69, 9.17) is 9.15 Å². The molecule has 0 bridgehead atoms. The predicted molar refractivity (Wildman–Crippen MR) is 130 cm³/mol. The third-order valence-corrected chi connectivity index (χ3v) is 5.29. The monoisotopic (exact) mass is 451 g/mol. The normalized spacial score (nSPS) is 10.8. The smallest absolute Gasteiger partial charge is 0.291 e. The minimum Gasteiger partial charge on any atom is -0.495 e. The first kappa shape index (κ1) is 21.1. The van der Waals surface area contributed by atoms with E-state index in [1.165, 1.54) is 0 Å². The van der Waals surface area contributed by atoms with Gasteiger partial charge in [-0.25, -0.2) is 9.97 Å². The fourth-order valence-corrected chi connectivity index (χ4v) is 3.49. The second kappa shape index (κ2) is 9.03. The Morgan fingerprint density at radius 1 is 1.03 bits per heavy atom. The van der Waals surface area contributed by atoms with E-state index in [0.717, 1.165) is 22.2 Å². The minimum atomic E-state index is -0.324. The van der Waals surface area contributed by atoms with E-state index in [1.54, 1.807) is 37.8 Å². The number of ether oxygens (including phenoxy) is 1. The van der Waals surface area contributed by atoms with Crippen molar-refractivity contribution in [3.8, 4) is 17.0 Å². The zero-order valence-electron chi connectivity index (χ0n) is 18.6. The maximum Gasteiger partial charge on any atom is 0.291 e. The van der Waals surface area contributed by atoms with E-state index >= 15 is 0 Å². The average Bonchev–Trinajstić information content (AvgIpc) is 3.31. The number of carbonyl (C=O) groups excluding carboxylic acids is 1. The molecule has 3 heterocycles. The van der Waals surface area contributed by atoms with Crippen molar-refractivity contribution in [3.05, 3.63) is 90.6 Å². The number of carbonyl (C=O) groups is 1. The number of hydrogen-bond donors (Lipinski definition) is 2. The molecule has 34 heavy (non-hydrogen) atoms. The maximum absolute atomic E-state index is 12.7. The molecule has 5 rings (SSSR count). The van der Waals surface area contributed by atoms with Crippen molar-refractivity contribution in [1.82, 2.24) is 15.0 Å². The van der Waals surface area contributed by atoms with Crippen LogP contribution in [0.15, 0.2) is 83.7 Å². The highest BCUT2D eigenvalue weighted by atomic mass is 16.5. The maximum atomic E-state index is 12.7. The molecule has 0 fully saturated rings. The van der Waals surface area contributed by atoms with Gasteiger partial charge in [0.1, 0.15) is 11.3 Å². The Balaban J connectivity index is 1.36. The summed E-state index contributed by atoms with van der Waals surface area (Å²) in [5.74, 6) is 0.993. The first-order valence-corrected chi connectivity index (χ1v) is 10.6. The van der Waals surface area contributed by atoms with Gasteiger partial charge < -0.3 is 19.8 Å². The van der Waals surface area contributed by atoms with Gasteiger partial charge in [-0.3, -0.25) is 9.78 Å². The number of benzene rings is 2. The van der Waals surface area contributed by atoms with Gasteiger partial charge in [0.25, 0.3) is 5.91 Å². The van der Waals surface area contributed by atoms with Gasteiger partial charge in [-0.2, -0.15) is 0 Å². The average molecular weight is 451 g/mol. The number of rotatable bonds is 6. The topological polar surface area (TPSA) is 102 Å². The van der Waals surface area contributed by atoms with E-state index in [-0.39, 0.29) is 11.7 Å². The molecule has 0 saturated carbocycles. The molecule has 0 saturated heterocycles. The Morgan fingerprint density at radius 3 is 2.76 bits per heavy atom. The van der Waals surface area contributed by atoms with E-state index in [2.05, 4.69) is 25.6 Å². The van der Waals surface area contributed by atoms with Crippen LogP contribution in [0.4, 0.5) is 17.3 Å². The Labute approximate surface area is 195 Å². The Morgan fingerprint density at radius 2 is 1.91 bits per heavy atom. The highest BCUT2D eigenvalue weighted by molar-refractivity contribution is 6.04. The molecule has 2 aromatic carbocycles. The number of pyridine rings is 1. The quantitative estimate of drug-likeness (QED) is 0.346. The molecule has 0 aliphatic rings. The van der Waals surface area contributed by atoms with E-state index < -0.39 is 0 Å². The van der Waals surface area contributed by atoms with Gasteiger partial charge in [0.15, 0.2) is 5.76 Å².